The van der Waals surface area contributed by atoms with E-state index in [4.69, 9.17) is 20.0 Å². The number of nitrogens with zero attached hydrogens (tertiary/aromatic N) is 4. The van der Waals surface area contributed by atoms with Gasteiger partial charge in [-0.15, -0.1) is 0 Å². The maximum Gasteiger partial charge on any atom is 0.328 e. The predicted molar refractivity (Wildman–Crippen MR) is 145 cm³/mol. The Bertz CT molecular complexity index is 1330. The van der Waals surface area contributed by atoms with Gasteiger partial charge >= 0.3 is 11.9 Å². The highest BCUT2D eigenvalue weighted by molar-refractivity contribution is 5.90. The summed E-state index contributed by atoms with van der Waals surface area (Å²) in [5.74, 6) is -1.94. The topological polar surface area (TPSA) is 170 Å². The minimum absolute atomic E-state index is 0.0253. The van der Waals surface area contributed by atoms with E-state index in [0.717, 1.165) is 38.9 Å². The summed E-state index contributed by atoms with van der Waals surface area (Å²) >= 11 is 0. The summed E-state index contributed by atoms with van der Waals surface area (Å²) < 4.78 is 5.20. The van der Waals surface area contributed by atoms with Gasteiger partial charge in [-0.1, -0.05) is 35.0 Å². The Balaban J connectivity index is 0.000000482. The van der Waals surface area contributed by atoms with Gasteiger partial charge in [-0.3, -0.25) is 9.69 Å². The molecule has 0 unspecified atom stereocenters. The van der Waals surface area contributed by atoms with Gasteiger partial charge in [-0.25, -0.2) is 9.59 Å². The smallest absolute Gasteiger partial charge is 0.328 e. The van der Waals surface area contributed by atoms with Crippen molar-refractivity contribution in [2.24, 2.45) is 5.92 Å². The van der Waals surface area contributed by atoms with Gasteiger partial charge in [0.25, 0.3) is 17.6 Å². The van der Waals surface area contributed by atoms with Crippen molar-refractivity contribution in [3.05, 3.63) is 83.2 Å². The van der Waals surface area contributed by atoms with Crippen LogP contribution in [0.4, 0.5) is 0 Å². The molecule has 0 radical (unpaired) electrons. The monoisotopic (exact) mass is 545 g/mol. The molecule has 4 rings (SSSR count). The molecule has 0 aliphatic carbocycles. The number of nitriles is 1. The minimum atomic E-state index is -1.26. The number of hydrogen-bond acceptors (Lipinski definition) is 8. The number of nitrogens with one attached hydrogen (secondary N) is 1. The van der Waals surface area contributed by atoms with Gasteiger partial charge in [-0.05, 0) is 75.0 Å². The van der Waals surface area contributed by atoms with Gasteiger partial charge in [0.05, 0.1) is 11.6 Å². The quantitative estimate of drug-likeness (QED) is 0.337. The van der Waals surface area contributed by atoms with E-state index < -0.39 is 11.9 Å². The van der Waals surface area contributed by atoms with Crippen LogP contribution in [-0.2, 0) is 16.1 Å². The van der Waals surface area contributed by atoms with E-state index in [1.54, 1.807) is 24.3 Å². The summed E-state index contributed by atoms with van der Waals surface area (Å²) in [5.41, 5.74) is 3.88. The van der Waals surface area contributed by atoms with Crippen molar-refractivity contribution in [2.75, 3.05) is 19.6 Å². The lowest BCUT2D eigenvalue weighted by molar-refractivity contribution is -0.134. The standard InChI is InChI=1S/C25H27N5O2.C4H4O4/c1-18-2-4-21(5-3-18)17-30-14-11-19(12-15-30)10-13-27-24(31)23-28-25(32-29-23)22-8-6-20(16-26)7-9-22;5-3(6)1-2-4(7)8/h2-9,19H,10-15,17H2,1H3,(H,27,31);1-2H,(H,5,6)(H,7,8). The van der Waals surface area contributed by atoms with Crippen LogP contribution in [0.1, 0.15) is 46.6 Å². The van der Waals surface area contributed by atoms with Crippen LogP contribution < -0.4 is 5.32 Å². The second-order valence-corrected chi connectivity index (χ2v) is 9.37. The van der Waals surface area contributed by atoms with Crippen LogP contribution in [0.25, 0.3) is 11.5 Å². The Morgan fingerprint density at radius 2 is 1.68 bits per heavy atom. The second kappa shape index (κ2) is 14.9. The molecule has 2 heterocycles. The summed E-state index contributed by atoms with van der Waals surface area (Å²) in [7, 11) is 0. The highest BCUT2D eigenvalue weighted by atomic mass is 16.5. The number of benzene rings is 2. The fourth-order valence-corrected chi connectivity index (χ4v) is 4.12. The zero-order chi connectivity index (χ0) is 28.9. The van der Waals surface area contributed by atoms with E-state index in [1.807, 2.05) is 0 Å². The zero-order valence-corrected chi connectivity index (χ0v) is 22.1. The lowest BCUT2D eigenvalue weighted by Crippen LogP contribution is -2.35. The Morgan fingerprint density at radius 3 is 2.25 bits per heavy atom. The molecule has 1 aliphatic heterocycles. The Kier molecular flexibility index (Phi) is 11.1. The number of likely N-dealkylation sites (tertiary alicyclic amines) is 1. The summed E-state index contributed by atoms with van der Waals surface area (Å²) in [5, 5.41) is 31.2. The molecule has 0 saturated carbocycles. The first-order valence-corrected chi connectivity index (χ1v) is 12.8. The van der Waals surface area contributed by atoms with Crippen molar-refractivity contribution < 1.29 is 29.1 Å². The molecule has 11 heteroatoms. The number of carboxylic acid groups (broad SMARTS) is 2. The Hall–Kier alpha value is -4.82. The van der Waals surface area contributed by atoms with Crippen LogP contribution in [0.5, 0.6) is 0 Å². The Morgan fingerprint density at radius 1 is 1.05 bits per heavy atom. The number of rotatable bonds is 9. The van der Waals surface area contributed by atoms with Crippen molar-refractivity contribution in [1.82, 2.24) is 20.4 Å². The predicted octanol–water partition coefficient (Wildman–Crippen LogP) is 3.66. The molecule has 1 aromatic heterocycles. The first kappa shape index (κ1) is 29.7. The van der Waals surface area contributed by atoms with E-state index in [0.29, 0.717) is 35.7 Å². The molecule has 208 valence electrons. The van der Waals surface area contributed by atoms with Gasteiger partial charge in [0.15, 0.2) is 0 Å². The number of aryl methyl sites for hydroxylation is 1. The van der Waals surface area contributed by atoms with Crippen molar-refractivity contribution in [1.29, 1.82) is 5.26 Å². The lowest BCUT2D eigenvalue weighted by atomic mass is 9.93. The average molecular weight is 546 g/mol. The van der Waals surface area contributed by atoms with Crippen LogP contribution in [0.2, 0.25) is 0 Å². The molecule has 1 fully saturated rings. The fraction of sp³-hybridized carbons (Fsp3) is 0.310. The third-order valence-corrected chi connectivity index (χ3v) is 6.33. The molecule has 0 spiro atoms. The minimum Gasteiger partial charge on any atom is -0.478 e. The summed E-state index contributed by atoms with van der Waals surface area (Å²) in [6, 6.07) is 17.6. The molecule has 40 heavy (non-hydrogen) atoms. The first-order valence-electron chi connectivity index (χ1n) is 12.8. The van der Waals surface area contributed by atoms with E-state index in [2.05, 4.69) is 57.6 Å². The molecule has 1 saturated heterocycles. The van der Waals surface area contributed by atoms with Gasteiger partial charge in [0, 0.05) is 30.8 Å². The van der Waals surface area contributed by atoms with E-state index in [-0.39, 0.29) is 17.6 Å². The van der Waals surface area contributed by atoms with Crippen LogP contribution in [0.15, 0.2) is 65.2 Å². The van der Waals surface area contributed by atoms with Gasteiger partial charge < -0.3 is 20.1 Å². The number of hydrogen-bond donors (Lipinski definition) is 3. The van der Waals surface area contributed by atoms with Crippen LogP contribution in [0, 0.1) is 24.2 Å². The van der Waals surface area contributed by atoms with Gasteiger partial charge in [0.2, 0.25) is 0 Å². The number of aromatic nitrogens is 2. The maximum atomic E-state index is 12.4. The molecule has 2 aromatic carbocycles. The zero-order valence-electron chi connectivity index (χ0n) is 22.1. The van der Waals surface area contributed by atoms with Crippen molar-refractivity contribution in [3.8, 4) is 17.5 Å². The molecular weight excluding hydrogens is 514 g/mol. The van der Waals surface area contributed by atoms with E-state index in [9.17, 15) is 14.4 Å². The largest absolute Gasteiger partial charge is 0.478 e. The highest BCUT2D eigenvalue weighted by Crippen LogP contribution is 2.22. The molecule has 11 nitrogen and oxygen atoms in total. The molecule has 3 N–H and O–H groups in total. The van der Waals surface area contributed by atoms with Crippen molar-refractivity contribution in [2.45, 2.75) is 32.7 Å². The number of piperidine rings is 1. The summed E-state index contributed by atoms with van der Waals surface area (Å²) in [4.78, 5) is 38.2. The summed E-state index contributed by atoms with van der Waals surface area (Å²) in [6.07, 6.45) is 4.36. The van der Waals surface area contributed by atoms with Crippen molar-refractivity contribution in [3.63, 3.8) is 0 Å². The van der Waals surface area contributed by atoms with Crippen molar-refractivity contribution >= 4 is 17.8 Å². The van der Waals surface area contributed by atoms with Crippen LogP contribution in [0.3, 0.4) is 0 Å². The fourth-order valence-electron chi connectivity index (χ4n) is 4.12. The van der Waals surface area contributed by atoms with E-state index >= 15 is 0 Å². The number of aliphatic carboxylic acids is 2. The maximum absolute atomic E-state index is 12.4. The third kappa shape index (κ3) is 9.81. The van der Waals surface area contributed by atoms with Crippen LogP contribution in [-0.4, -0.2) is 62.7 Å². The number of carbonyl (C=O) groups is 3. The Labute approximate surface area is 231 Å². The molecule has 3 aromatic rings. The SMILES string of the molecule is Cc1ccc(CN2CCC(CCNC(=O)c3noc(-c4ccc(C#N)cc4)n3)CC2)cc1.O=C(O)C=CC(=O)O. The summed E-state index contributed by atoms with van der Waals surface area (Å²) in [6.45, 7) is 5.89. The van der Waals surface area contributed by atoms with E-state index in [1.165, 1.54) is 11.1 Å². The molecule has 0 atom stereocenters. The highest BCUT2D eigenvalue weighted by Gasteiger charge is 2.20. The second-order valence-electron chi connectivity index (χ2n) is 9.37. The van der Waals surface area contributed by atoms with Gasteiger partial charge in [0.1, 0.15) is 0 Å². The number of carboxylic acids is 2. The molecule has 1 amide bonds. The first-order chi connectivity index (χ1) is 19.2. The normalized spacial score (nSPS) is 13.7. The van der Waals surface area contributed by atoms with Crippen LogP contribution >= 0.6 is 0 Å². The lowest BCUT2D eigenvalue weighted by Gasteiger charge is -2.32. The molecular formula is C29H31N5O6. The molecule has 0 bridgehead atoms. The molecule has 1 aliphatic rings. The third-order valence-electron chi connectivity index (χ3n) is 6.33. The number of amides is 1. The number of carbonyl (C=O) groups excluding carboxylic acids is 1. The van der Waals surface area contributed by atoms with Gasteiger partial charge in [-0.2, -0.15) is 10.2 Å². The average Bonchev–Trinajstić information content (AvgIpc) is 3.45.